The topological polar surface area (TPSA) is 77.0 Å². The van der Waals surface area contributed by atoms with E-state index in [-0.39, 0.29) is 6.03 Å². The highest BCUT2D eigenvalue weighted by Gasteiger charge is 2.15. The van der Waals surface area contributed by atoms with Crippen molar-refractivity contribution in [3.8, 4) is 0 Å². The van der Waals surface area contributed by atoms with Crippen LogP contribution in [0.1, 0.15) is 0 Å². The molecular formula is C13H13N5O. The van der Waals surface area contributed by atoms with Crippen molar-refractivity contribution in [1.82, 2.24) is 19.4 Å². The van der Waals surface area contributed by atoms with Crippen molar-refractivity contribution in [2.45, 2.75) is 0 Å². The summed E-state index contributed by atoms with van der Waals surface area (Å²) >= 11 is 0. The smallest absolute Gasteiger partial charge is 0.329 e. The molecule has 6 nitrogen and oxygen atoms in total. The number of hydrogen-bond acceptors (Lipinski definition) is 4. The standard InChI is InChI=1S/C13H13N5O/c1-17(2)13(19)18-7-16-10-4-3-9-11(12(10)18)8(14)5-6-15-9/h3-7H,1-2H3,(H2,14,15). The van der Waals surface area contributed by atoms with E-state index in [1.807, 2.05) is 12.1 Å². The van der Waals surface area contributed by atoms with E-state index in [0.29, 0.717) is 11.2 Å². The lowest BCUT2D eigenvalue weighted by Gasteiger charge is -2.12. The molecule has 3 rings (SSSR count). The van der Waals surface area contributed by atoms with Gasteiger partial charge in [-0.3, -0.25) is 4.98 Å². The zero-order chi connectivity index (χ0) is 13.6. The molecule has 6 heteroatoms. The van der Waals surface area contributed by atoms with Crippen LogP contribution in [-0.4, -0.2) is 39.6 Å². The van der Waals surface area contributed by atoms with E-state index in [1.54, 1.807) is 26.4 Å². The van der Waals surface area contributed by atoms with Gasteiger partial charge < -0.3 is 10.6 Å². The summed E-state index contributed by atoms with van der Waals surface area (Å²) in [4.78, 5) is 22.2. The monoisotopic (exact) mass is 255 g/mol. The molecule has 3 aromatic rings. The van der Waals surface area contributed by atoms with Gasteiger partial charge in [-0.05, 0) is 18.2 Å². The van der Waals surface area contributed by atoms with Crippen LogP contribution in [0, 0.1) is 0 Å². The summed E-state index contributed by atoms with van der Waals surface area (Å²) in [6.45, 7) is 0. The zero-order valence-electron chi connectivity index (χ0n) is 10.7. The van der Waals surface area contributed by atoms with Crippen LogP contribution in [0.15, 0.2) is 30.7 Å². The van der Waals surface area contributed by atoms with E-state index in [9.17, 15) is 4.79 Å². The van der Waals surface area contributed by atoms with E-state index in [4.69, 9.17) is 5.73 Å². The number of hydrogen-bond donors (Lipinski definition) is 1. The van der Waals surface area contributed by atoms with Crippen molar-refractivity contribution in [2.75, 3.05) is 19.8 Å². The molecule has 0 fully saturated rings. The number of imidazole rings is 1. The molecule has 0 aliphatic carbocycles. The second-order valence-corrected chi connectivity index (χ2v) is 4.52. The first kappa shape index (κ1) is 11.5. The number of anilines is 1. The van der Waals surface area contributed by atoms with Crippen molar-refractivity contribution in [3.05, 3.63) is 30.7 Å². The van der Waals surface area contributed by atoms with Crippen LogP contribution in [0.2, 0.25) is 0 Å². The van der Waals surface area contributed by atoms with Crippen LogP contribution in [0.25, 0.3) is 21.9 Å². The minimum Gasteiger partial charge on any atom is -0.398 e. The van der Waals surface area contributed by atoms with Crippen molar-refractivity contribution in [3.63, 3.8) is 0 Å². The van der Waals surface area contributed by atoms with Crippen LogP contribution in [0.5, 0.6) is 0 Å². The Morgan fingerprint density at radius 2 is 1.95 bits per heavy atom. The molecule has 2 N–H and O–H groups in total. The molecule has 0 saturated carbocycles. The number of carbonyl (C=O) groups excluding carboxylic acids is 1. The maximum atomic E-state index is 12.2. The summed E-state index contributed by atoms with van der Waals surface area (Å²) in [5.41, 5.74) is 8.78. The quantitative estimate of drug-likeness (QED) is 0.663. The zero-order valence-corrected chi connectivity index (χ0v) is 10.7. The first-order chi connectivity index (χ1) is 9.09. The van der Waals surface area contributed by atoms with Gasteiger partial charge in [-0.2, -0.15) is 0 Å². The minimum atomic E-state index is -0.168. The number of nitrogens with two attached hydrogens (primary N) is 1. The van der Waals surface area contributed by atoms with Gasteiger partial charge in [0.1, 0.15) is 6.33 Å². The average molecular weight is 255 g/mol. The van der Waals surface area contributed by atoms with Gasteiger partial charge in [-0.25, -0.2) is 14.3 Å². The Morgan fingerprint density at radius 3 is 2.68 bits per heavy atom. The van der Waals surface area contributed by atoms with Gasteiger partial charge in [0.05, 0.1) is 16.6 Å². The third-order valence-electron chi connectivity index (χ3n) is 3.03. The molecule has 2 heterocycles. The number of benzene rings is 1. The van der Waals surface area contributed by atoms with Gasteiger partial charge in [0.15, 0.2) is 0 Å². The maximum absolute atomic E-state index is 12.2. The van der Waals surface area contributed by atoms with E-state index in [0.717, 1.165) is 16.4 Å². The second kappa shape index (κ2) is 3.94. The first-order valence-electron chi connectivity index (χ1n) is 5.81. The number of nitrogens with zero attached hydrogens (tertiary/aromatic N) is 4. The largest absolute Gasteiger partial charge is 0.398 e. The van der Waals surface area contributed by atoms with E-state index < -0.39 is 0 Å². The van der Waals surface area contributed by atoms with E-state index in [1.165, 1.54) is 15.8 Å². The molecule has 2 aromatic heterocycles. The Morgan fingerprint density at radius 1 is 1.21 bits per heavy atom. The van der Waals surface area contributed by atoms with Gasteiger partial charge in [0.25, 0.3) is 0 Å². The van der Waals surface area contributed by atoms with Crippen molar-refractivity contribution in [1.29, 1.82) is 0 Å². The van der Waals surface area contributed by atoms with Gasteiger partial charge >= 0.3 is 6.03 Å². The number of nitrogen functional groups attached to an aromatic ring is 1. The molecule has 0 bridgehead atoms. The number of aromatic nitrogens is 3. The average Bonchev–Trinajstić information content (AvgIpc) is 2.81. The van der Waals surface area contributed by atoms with Crippen LogP contribution in [-0.2, 0) is 0 Å². The third kappa shape index (κ3) is 1.61. The molecule has 19 heavy (non-hydrogen) atoms. The van der Waals surface area contributed by atoms with Gasteiger partial charge in [-0.15, -0.1) is 0 Å². The molecule has 96 valence electrons. The van der Waals surface area contributed by atoms with Crippen molar-refractivity contribution in [2.24, 2.45) is 0 Å². The van der Waals surface area contributed by atoms with Crippen LogP contribution in [0.4, 0.5) is 10.5 Å². The summed E-state index contributed by atoms with van der Waals surface area (Å²) in [6, 6.07) is 5.24. The predicted octanol–water partition coefficient (Wildman–Crippen LogP) is 1.70. The Labute approximate surface area is 109 Å². The molecule has 0 unspecified atom stereocenters. The Kier molecular flexibility index (Phi) is 2.38. The van der Waals surface area contributed by atoms with Crippen molar-refractivity contribution >= 4 is 33.7 Å². The highest BCUT2D eigenvalue weighted by atomic mass is 16.2. The SMILES string of the molecule is CN(C)C(=O)n1cnc2ccc3nccc(N)c3c21. The lowest BCUT2D eigenvalue weighted by molar-refractivity contribution is 0.220. The summed E-state index contributed by atoms with van der Waals surface area (Å²) < 4.78 is 1.50. The molecule has 1 amide bonds. The van der Waals surface area contributed by atoms with Gasteiger partial charge in [0.2, 0.25) is 0 Å². The summed E-state index contributed by atoms with van der Waals surface area (Å²) in [5.74, 6) is 0. The number of carbonyl (C=O) groups is 1. The molecular weight excluding hydrogens is 242 g/mol. The Bertz CT molecular complexity index is 790. The number of pyridine rings is 1. The van der Waals surface area contributed by atoms with E-state index >= 15 is 0 Å². The molecule has 0 saturated heterocycles. The lowest BCUT2D eigenvalue weighted by atomic mass is 10.1. The summed E-state index contributed by atoms with van der Waals surface area (Å²) in [7, 11) is 3.39. The fourth-order valence-corrected chi connectivity index (χ4v) is 2.13. The molecule has 0 spiro atoms. The molecule has 1 aromatic carbocycles. The first-order valence-corrected chi connectivity index (χ1v) is 5.81. The van der Waals surface area contributed by atoms with Crippen LogP contribution in [0.3, 0.4) is 0 Å². The number of fused-ring (bicyclic) bond motifs is 3. The van der Waals surface area contributed by atoms with Crippen molar-refractivity contribution < 1.29 is 4.79 Å². The van der Waals surface area contributed by atoms with Gasteiger partial charge in [-0.1, -0.05) is 0 Å². The molecule has 0 aliphatic heterocycles. The second-order valence-electron chi connectivity index (χ2n) is 4.52. The molecule has 0 radical (unpaired) electrons. The number of amides is 1. The Hall–Kier alpha value is -2.63. The molecule has 0 atom stereocenters. The normalized spacial score (nSPS) is 11.1. The Balaban J connectivity index is 2.46. The summed E-state index contributed by atoms with van der Waals surface area (Å²) in [5, 5.41) is 0.757. The van der Waals surface area contributed by atoms with Gasteiger partial charge in [0, 0.05) is 31.4 Å². The van der Waals surface area contributed by atoms with Crippen LogP contribution >= 0.6 is 0 Å². The lowest BCUT2D eigenvalue weighted by Crippen LogP contribution is -2.26. The highest BCUT2D eigenvalue weighted by Crippen LogP contribution is 2.28. The predicted molar refractivity (Wildman–Crippen MR) is 73.9 cm³/mol. The maximum Gasteiger partial charge on any atom is 0.329 e. The summed E-state index contributed by atoms with van der Waals surface area (Å²) in [6.07, 6.45) is 3.16. The fraction of sp³-hybridized carbons (Fsp3) is 0.154. The van der Waals surface area contributed by atoms with Crippen LogP contribution < -0.4 is 5.73 Å². The fourth-order valence-electron chi connectivity index (χ4n) is 2.13. The van der Waals surface area contributed by atoms with E-state index in [2.05, 4.69) is 9.97 Å². The molecule has 0 aliphatic rings. The highest BCUT2D eigenvalue weighted by molar-refractivity contribution is 6.11. The number of rotatable bonds is 0. The minimum absolute atomic E-state index is 0.168. The third-order valence-corrected chi connectivity index (χ3v) is 3.03.